The Balaban J connectivity index is 2.31. The molecule has 18 heavy (non-hydrogen) atoms. The zero-order chi connectivity index (χ0) is 13.1. The van der Waals surface area contributed by atoms with Gasteiger partial charge >= 0.3 is 5.97 Å². The lowest BCUT2D eigenvalue weighted by Gasteiger charge is -2.11. The topological polar surface area (TPSA) is 62.2 Å². The molecule has 0 aliphatic heterocycles. The zero-order valence-corrected chi connectivity index (χ0v) is 10.3. The standard InChI is InChI=1S/C14H14N2O2/c1-9-4-3-5-12(10(9)2)16-11-6-7-15-13(8-11)14(17)18/h3-8H,1-2H3,(H,15,16)(H,17,18). The number of hydrogen-bond acceptors (Lipinski definition) is 3. The summed E-state index contributed by atoms with van der Waals surface area (Å²) in [6.45, 7) is 4.06. The van der Waals surface area contributed by atoms with Crippen molar-refractivity contribution in [2.75, 3.05) is 5.32 Å². The zero-order valence-electron chi connectivity index (χ0n) is 10.3. The van der Waals surface area contributed by atoms with Gasteiger partial charge in [-0.3, -0.25) is 0 Å². The van der Waals surface area contributed by atoms with Gasteiger partial charge in [-0.25, -0.2) is 9.78 Å². The Hall–Kier alpha value is -2.36. The van der Waals surface area contributed by atoms with Crippen molar-refractivity contribution in [3.8, 4) is 0 Å². The van der Waals surface area contributed by atoms with E-state index in [4.69, 9.17) is 5.11 Å². The summed E-state index contributed by atoms with van der Waals surface area (Å²) in [6.07, 6.45) is 1.48. The van der Waals surface area contributed by atoms with E-state index in [0.717, 1.165) is 16.9 Å². The fourth-order valence-electron chi connectivity index (χ4n) is 1.67. The molecule has 92 valence electrons. The molecular weight excluding hydrogens is 228 g/mol. The van der Waals surface area contributed by atoms with Crippen molar-refractivity contribution in [2.24, 2.45) is 0 Å². The van der Waals surface area contributed by atoms with Crippen LogP contribution in [0.25, 0.3) is 0 Å². The molecule has 0 radical (unpaired) electrons. The molecule has 0 spiro atoms. The van der Waals surface area contributed by atoms with Gasteiger partial charge in [-0.15, -0.1) is 0 Å². The second-order valence-electron chi connectivity index (χ2n) is 4.11. The lowest BCUT2D eigenvalue weighted by atomic mass is 10.1. The Kier molecular flexibility index (Phi) is 3.28. The van der Waals surface area contributed by atoms with Gasteiger partial charge < -0.3 is 10.4 Å². The second kappa shape index (κ2) is 4.87. The average molecular weight is 242 g/mol. The number of aromatic carboxylic acids is 1. The Morgan fingerprint density at radius 2 is 2.06 bits per heavy atom. The minimum atomic E-state index is -1.03. The van der Waals surface area contributed by atoms with Gasteiger partial charge in [0.2, 0.25) is 0 Å². The first-order valence-corrected chi connectivity index (χ1v) is 5.60. The quantitative estimate of drug-likeness (QED) is 0.868. The summed E-state index contributed by atoms with van der Waals surface area (Å²) in [6, 6.07) is 9.22. The number of benzene rings is 1. The third-order valence-corrected chi connectivity index (χ3v) is 2.86. The number of nitrogens with zero attached hydrogens (tertiary/aromatic N) is 1. The van der Waals surface area contributed by atoms with Gasteiger partial charge in [0.15, 0.2) is 0 Å². The van der Waals surface area contributed by atoms with Gasteiger partial charge in [0.1, 0.15) is 5.69 Å². The van der Waals surface area contributed by atoms with Gasteiger partial charge in [0.25, 0.3) is 0 Å². The van der Waals surface area contributed by atoms with Crippen LogP contribution in [0.15, 0.2) is 36.5 Å². The average Bonchev–Trinajstić information content (AvgIpc) is 2.35. The Morgan fingerprint density at radius 3 is 2.78 bits per heavy atom. The number of carboxylic acids is 1. The van der Waals surface area contributed by atoms with E-state index < -0.39 is 5.97 Å². The van der Waals surface area contributed by atoms with Crippen molar-refractivity contribution in [1.29, 1.82) is 0 Å². The molecule has 0 bridgehead atoms. The molecule has 0 aliphatic rings. The number of pyridine rings is 1. The molecule has 2 aromatic rings. The van der Waals surface area contributed by atoms with Crippen molar-refractivity contribution in [1.82, 2.24) is 4.98 Å². The van der Waals surface area contributed by atoms with Crippen LogP contribution < -0.4 is 5.32 Å². The minimum absolute atomic E-state index is 0.0327. The highest BCUT2D eigenvalue weighted by molar-refractivity contribution is 5.86. The highest BCUT2D eigenvalue weighted by atomic mass is 16.4. The number of carbonyl (C=O) groups is 1. The fourth-order valence-corrected chi connectivity index (χ4v) is 1.67. The monoisotopic (exact) mass is 242 g/mol. The van der Waals surface area contributed by atoms with E-state index in [1.165, 1.54) is 17.8 Å². The normalized spacial score (nSPS) is 10.1. The van der Waals surface area contributed by atoms with Crippen LogP contribution in [0.1, 0.15) is 21.6 Å². The SMILES string of the molecule is Cc1cccc(Nc2ccnc(C(=O)O)c2)c1C. The maximum absolute atomic E-state index is 10.8. The maximum Gasteiger partial charge on any atom is 0.354 e. The lowest BCUT2D eigenvalue weighted by molar-refractivity contribution is 0.0690. The van der Waals surface area contributed by atoms with E-state index in [9.17, 15) is 4.79 Å². The van der Waals surface area contributed by atoms with Crippen LogP contribution >= 0.6 is 0 Å². The van der Waals surface area contributed by atoms with Crippen LogP contribution in [0.5, 0.6) is 0 Å². The number of anilines is 2. The molecule has 0 atom stereocenters. The molecule has 0 fully saturated rings. The van der Waals surface area contributed by atoms with Crippen molar-refractivity contribution < 1.29 is 9.90 Å². The van der Waals surface area contributed by atoms with E-state index >= 15 is 0 Å². The van der Waals surface area contributed by atoms with Crippen molar-refractivity contribution in [3.05, 3.63) is 53.3 Å². The molecule has 4 heteroatoms. The highest BCUT2D eigenvalue weighted by Crippen LogP contribution is 2.22. The molecule has 0 aliphatic carbocycles. The predicted molar refractivity (Wildman–Crippen MR) is 70.4 cm³/mol. The summed E-state index contributed by atoms with van der Waals surface area (Å²) in [5, 5.41) is 12.1. The molecule has 2 rings (SSSR count). The number of carboxylic acid groups (broad SMARTS) is 1. The molecule has 2 N–H and O–H groups in total. The highest BCUT2D eigenvalue weighted by Gasteiger charge is 2.06. The van der Waals surface area contributed by atoms with E-state index in [0.29, 0.717) is 0 Å². The summed E-state index contributed by atoms with van der Waals surface area (Å²) < 4.78 is 0. The first-order chi connectivity index (χ1) is 8.58. The Bertz CT molecular complexity index is 594. The van der Waals surface area contributed by atoms with Gasteiger partial charge in [-0.1, -0.05) is 12.1 Å². The van der Waals surface area contributed by atoms with Crippen LogP contribution in [0.3, 0.4) is 0 Å². The van der Waals surface area contributed by atoms with E-state index in [-0.39, 0.29) is 5.69 Å². The molecule has 0 saturated carbocycles. The third-order valence-electron chi connectivity index (χ3n) is 2.86. The smallest absolute Gasteiger partial charge is 0.354 e. The largest absolute Gasteiger partial charge is 0.477 e. The van der Waals surface area contributed by atoms with Crippen LogP contribution in [0.2, 0.25) is 0 Å². The molecular formula is C14H14N2O2. The van der Waals surface area contributed by atoms with Crippen molar-refractivity contribution >= 4 is 17.3 Å². The fraction of sp³-hybridized carbons (Fsp3) is 0.143. The number of hydrogen-bond donors (Lipinski definition) is 2. The van der Waals surface area contributed by atoms with E-state index in [1.54, 1.807) is 6.07 Å². The number of rotatable bonds is 3. The number of aromatic nitrogens is 1. The molecule has 1 aromatic carbocycles. The van der Waals surface area contributed by atoms with Gasteiger partial charge in [0.05, 0.1) is 0 Å². The van der Waals surface area contributed by atoms with Crippen LogP contribution in [0, 0.1) is 13.8 Å². The lowest BCUT2D eigenvalue weighted by Crippen LogP contribution is -2.01. The number of nitrogens with one attached hydrogen (secondary N) is 1. The third kappa shape index (κ3) is 2.48. The molecule has 1 aromatic heterocycles. The van der Waals surface area contributed by atoms with E-state index in [2.05, 4.69) is 10.3 Å². The summed E-state index contributed by atoms with van der Waals surface area (Å²) in [4.78, 5) is 14.6. The van der Waals surface area contributed by atoms with Crippen molar-refractivity contribution in [3.63, 3.8) is 0 Å². The Labute approximate surface area is 105 Å². The Morgan fingerprint density at radius 1 is 1.28 bits per heavy atom. The second-order valence-corrected chi connectivity index (χ2v) is 4.11. The molecule has 0 unspecified atom stereocenters. The summed E-state index contributed by atoms with van der Waals surface area (Å²) >= 11 is 0. The van der Waals surface area contributed by atoms with Crippen LogP contribution in [-0.4, -0.2) is 16.1 Å². The first-order valence-electron chi connectivity index (χ1n) is 5.60. The van der Waals surface area contributed by atoms with Gasteiger partial charge in [-0.2, -0.15) is 0 Å². The summed E-state index contributed by atoms with van der Waals surface area (Å²) in [7, 11) is 0. The molecule has 0 saturated heterocycles. The van der Waals surface area contributed by atoms with Crippen molar-refractivity contribution in [2.45, 2.75) is 13.8 Å². The molecule has 0 amide bonds. The summed E-state index contributed by atoms with van der Waals surface area (Å²) in [5.41, 5.74) is 4.05. The first kappa shape index (κ1) is 12.1. The van der Waals surface area contributed by atoms with E-state index in [1.807, 2.05) is 32.0 Å². The predicted octanol–water partition coefficient (Wildman–Crippen LogP) is 3.14. The maximum atomic E-state index is 10.8. The van der Waals surface area contributed by atoms with Crippen LogP contribution in [0.4, 0.5) is 11.4 Å². The van der Waals surface area contributed by atoms with Gasteiger partial charge in [-0.05, 0) is 43.2 Å². The van der Waals surface area contributed by atoms with Crippen LogP contribution in [-0.2, 0) is 0 Å². The number of aryl methyl sites for hydroxylation is 1. The van der Waals surface area contributed by atoms with Gasteiger partial charge in [0, 0.05) is 17.6 Å². The molecule has 4 nitrogen and oxygen atoms in total. The summed E-state index contributed by atoms with van der Waals surface area (Å²) in [5.74, 6) is -1.03. The minimum Gasteiger partial charge on any atom is -0.477 e. The molecule has 1 heterocycles.